The second-order valence-electron chi connectivity index (χ2n) is 4.18. The Hall–Kier alpha value is -1.95. The summed E-state index contributed by atoms with van der Waals surface area (Å²) in [4.78, 5) is 19.6. The van der Waals surface area contributed by atoms with Crippen molar-refractivity contribution in [3.63, 3.8) is 0 Å². The van der Waals surface area contributed by atoms with Gasteiger partial charge < -0.3 is 9.84 Å². The minimum absolute atomic E-state index is 0.250. The molecular formula is C14H13BrN2O3. The lowest BCUT2D eigenvalue weighted by Crippen LogP contribution is -2.17. The number of carboxylic acids is 1. The van der Waals surface area contributed by atoms with Gasteiger partial charge in [-0.2, -0.15) is 4.98 Å². The molecule has 104 valence electrons. The third-order valence-electron chi connectivity index (χ3n) is 2.82. The van der Waals surface area contributed by atoms with Crippen LogP contribution in [0.4, 0.5) is 0 Å². The molecule has 2 aromatic rings. The fourth-order valence-corrected chi connectivity index (χ4v) is 2.05. The number of aromatic nitrogens is 2. The second-order valence-corrected chi connectivity index (χ2v) is 5.09. The van der Waals surface area contributed by atoms with E-state index in [1.165, 1.54) is 13.3 Å². The molecular weight excluding hydrogens is 324 g/mol. The van der Waals surface area contributed by atoms with Crippen molar-refractivity contribution in [1.82, 2.24) is 9.97 Å². The van der Waals surface area contributed by atoms with Crippen LogP contribution in [0.15, 0.2) is 41.0 Å². The second kappa shape index (κ2) is 6.47. The number of methoxy groups -OCH3 is 1. The van der Waals surface area contributed by atoms with Crippen molar-refractivity contribution in [3.8, 4) is 5.88 Å². The molecule has 0 spiro atoms. The van der Waals surface area contributed by atoms with Gasteiger partial charge in [-0.1, -0.05) is 28.1 Å². The first-order chi connectivity index (χ1) is 9.60. The normalized spacial score (nSPS) is 11.9. The maximum absolute atomic E-state index is 11.4. The fraction of sp³-hybridized carbons (Fsp3) is 0.214. The predicted molar refractivity (Wildman–Crippen MR) is 76.8 cm³/mol. The van der Waals surface area contributed by atoms with Crippen molar-refractivity contribution >= 4 is 21.9 Å². The molecule has 0 saturated carbocycles. The SMILES string of the molecule is COc1ccnc(C(Cc2ccc(Br)cc2)C(=O)O)n1. The maximum Gasteiger partial charge on any atom is 0.314 e. The summed E-state index contributed by atoms with van der Waals surface area (Å²) >= 11 is 3.35. The van der Waals surface area contributed by atoms with E-state index in [1.807, 2.05) is 24.3 Å². The van der Waals surface area contributed by atoms with Gasteiger partial charge in [0.05, 0.1) is 7.11 Å². The van der Waals surface area contributed by atoms with Gasteiger partial charge in [0.25, 0.3) is 0 Å². The number of ether oxygens (including phenoxy) is 1. The average Bonchev–Trinajstić information content (AvgIpc) is 2.46. The lowest BCUT2D eigenvalue weighted by atomic mass is 9.98. The summed E-state index contributed by atoms with van der Waals surface area (Å²) in [6.07, 6.45) is 1.83. The van der Waals surface area contributed by atoms with Crippen LogP contribution in [-0.2, 0) is 11.2 Å². The summed E-state index contributed by atoms with van der Waals surface area (Å²) in [7, 11) is 1.48. The minimum atomic E-state index is -0.957. The van der Waals surface area contributed by atoms with Crippen LogP contribution in [0.1, 0.15) is 17.3 Å². The Morgan fingerprint density at radius 2 is 2.05 bits per heavy atom. The molecule has 0 radical (unpaired) electrons. The summed E-state index contributed by atoms with van der Waals surface area (Å²) in [5.41, 5.74) is 0.909. The van der Waals surface area contributed by atoms with Crippen LogP contribution in [-0.4, -0.2) is 28.2 Å². The third kappa shape index (κ3) is 3.54. The molecule has 1 N–H and O–H groups in total. The van der Waals surface area contributed by atoms with Crippen molar-refractivity contribution in [1.29, 1.82) is 0 Å². The number of rotatable bonds is 5. The van der Waals surface area contributed by atoms with Crippen LogP contribution in [0, 0.1) is 0 Å². The molecule has 0 aliphatic heterocycles. The molecule has 1 aromatic carbocycles. The lowest BCUT2D eigenvalue weighted by Gasteiger charge is -2.11. The van der Waals surface area contributed by atoms with E-state index >= 15 is 0 Å². The number of nitrogens with zero attached hydrogens (tertiary/aromatic N) is 2. The molecule has 0 aliphatic rings. The van der Waals surface area contributed by atoms with Gasteiger partial charge >= 0.3 is 5.97 Å². The molecule has 0 aliphatic carbocycles. The quantitative estimate of drug-likeness (QED) is 0.908. The first kappa shape index (κ1) is 14.5. The van der Waals surface area contributed by atoms with E-state index in [4.69, 9.17) is 4.74 Å². The molecule has 0 saturated heterocycles. The first-order valence-electron chi connectivity index (χ1n) is 5.94. The van der Waals surface area contributed by atoms with E-state index in [2.05, 4.69) is 25.9 Å². The zero-order chi connectivity index (χ0) is 14.5. The number of hydrogen-bond donors (Lipinski definition) is 1. The van der Waals surface area contributed by atoms with Crippen molar-refractivity contribution in [2.75, 3.05) is 7.11 Å². The van der Waals surface area contributed by atoms with Gasteiger partial charge in [-0.05, 0) is 24.1 Å². The first-order valence-corrected chi connectivity index (χ1v) is 6.73. The van der Waals surface area contributed by atoms with E-state index in [-0.39, 0.29) is 5.82 Å². The van der Waals surface area contributed by atoms with Gasteiger partial charge in [0, 0.05) is 16.7 Å². The minimum Gasteiger partial charge on any atom is -0.481 e. The van der Waals surface area contributed by atoms with Gasteiger partial charge in [0.1, 0.15) is 11.7 Å². The topological polar surface area (TPSA) is 72.3 Å². The largest absolute Gasteiger partial charge is 0.481 e. The summed E-state index contributed by atoms with van der Waals surface area (Å²) in [6.45, 7) is 0. The summed E-state index contributed by atoms with van der Waals surface area (Å²) in [5.74, 6) is -1.15. The molecule has 6 heteroatoms. The molecule has 0 amide bonds. The number of halogens is 1. The van der Waals surface area contributed by atoms with Crippen LogP contribution in [0.5, 0.6) is 5.88 Å². The van der Waals surface area contributed by atoms with Gasteiger partial charge in [0.15, 0.2) is 0 Å². The zero-order valence-electron chi connectivity index (χ0n) is 10.8. The van der Waals surface area contributed by atoms with E-state index in [9.17, 15) is 9.90 Å². The number of carboxylic acid groups (broad SMARTS) is 1. The summed E-state index contributed by atoms with van der Waals surface area (Å²) in [6, 6.07) is 9.09. The molecule has 0 fully saturated rings. The predicted octanol–water partition coefficient (Wildman–Crippen LogP) is 2.66. The lowest BCUT2D eigenvalue weighted by molar-refractivity contribution is -0.139. The standard InChI is InChI=1S/C14H13BrN2O3/c1-20-12-6-7-16-13(17-12)11(14(18)19)8-9-2-4-10(15)5-3-9/h2-7,11H,8H2,1H3,(H,18,19). The zero-order valence-corrected chi connectivity index (χ0v) is 12.4. The van der Waals surface area contributed by atoms with Crippen LogP contribution in [0.3, 0.4) is 0 Å². The van der Waals surface area contributed by atoms with Crippen LogP contribution < -0.4 is 4.74 Å². The van der Waals surface area contributed by atoms with Crippen LogP contribution in [0.25, 0.3) is 0 Å². The summed E-state index contributed by atoms with van der Waals surface area (Å²) < 4.78 is 5.95. The Morgan fingerprint density at radius 1 is 1.35 bits per heavy atom. The van der Waals surface area contributed by atoms with Crippen molar-refractivity contribution in [2.45, 2.75) is 12.3 Å². The highest BCUT2D eigenvalue weighted by molar-refractivity contribution is 9.10. The highest BCUT2D eigenvalue weighted by atomic mass is 79.9. The number of carbonyl (C=O) groups is 1. The van der Waals surface area contributed by atoms with Crippen LogP contribution >= 0.6 is 15.9 Å². The molecule has 1 heterocycles. The number of hydrogen-bond acceptors (Lipinski definition) is 4. The van der Waals surface area contributed by atoms with Crippen LogP contribution in [0.2, 0.25) is 0 Å². The molecule has 0 bridgehead atoms. The highest BCUT2D eigenvalue weighted by Gasteiger charge is 2.23. The van der Waals surface area contributed by atoms with Crippen molar-refractivity contribution in [2.24, 2.45) is 0 Å². The molecule has 5 nitrogen and oxygen atoms in total. The maximum atomic E-state index is 11.4. The monoisotopic (exact) mass is 336 g/mol. The number of aliphatic carboxylic acids is 1. The van der Waals surface area contributed by atoms with Gasteiger partial charge in [0.2, 0.25) is 5.88 Å². The summed E-state index contributed by atoms with van der Waals surface area (Å²) in [5, 5.41) is 9.38. The Bertz CT molecular complexity index is 602. The average molecular weight is 337 g/mol. The van der Waals surface area contributed by atoms with E-state index in [1.54, 1.807) is 6.07 Å². The van der Waals surface area contributed by atoms with E-state index in [0.29, 0.717) is 12.3 Å². The Morgan fingerprint density at radius 3 is 2.65 bits per heavy atom. The molecule has 1 unspecified atom stereocenters. The Kier molecular flexibility index (Phi) is 4.68. The molecule has 1 atom stereocenters. The molecule has 2 rings (SSSR count). The Labute approximate surface area is 124 Å². The Balaban J connectivity index is 2.26. The fourth-order valence-electron chi connectivity index (χ4n) is 1.78. The molecule has 1 aromatic heterocycles. The highest BCUT2D eigenvalue weighted by Crippen LogP contribution is 2.21. The van der Waals surface area contributed by atoms with Crippen molar-refractivity contribution in [3.05, 3.63) is 52.4 Å². The third-order valence-corrected chi connectivity index (χ3v) is 3.35. The van der Waals surface area contributed by atoms with E-state index in [0.717, 1.165) is 10.0 Å². The smallest absolute Gasteiger partial charge is 0.314 e. The van der Waals surface area contributed by atoms with Gasteiger partial charge in [-0.15, -0.1) is 0 Å². The van der Waals surface area contributed by atoms with Gasteiger partial charge in [-0.3, -0.25) is 4.79 Å². The van der Waals surface area contributed by atoms with Crippen molar-refractivity contribution < 1.29 is 14.6 Å². The van der Waals surface area contributed by atoms with E-state index < -0.39 is 11.9 Å². The molecule has 20 heavy (non-hydrogen) atoms. The number of benzene rings is 1. The van der Waals surface area contributed by atoms with Gasteiger partial charge in [-0.25, -0.2) is 4.98 Å².